The smallest absolute Gasteiger partial charge is 0.203 e. The van der Waals surface area contributed by atoms with E-state index < -0.39 is 0 Å². The number of allylic oxidation sites excluding steroid dienone is 1. The number of nitrogens with zero attached hydrogens (tertiary/aromatic N) is 4. The van der Waals surface area contributed by atoms with Gasteiger partial charge in [-0.2, -0.15) is 15.6 Å². The third kappa shape index (κ3) is 3.37. The summed E-state index contributed by atoms with van der Waals surface area (Å²) in [6.07, 6.45) is 3.12. The van der Waals surface area contributed by atoms with E-state index in [-0.39, 0.29) is 17.1 Å². The maximum absolute atomic E-state index is 10.7. The first-order valence-electron chi connectivity index (χ1n) is 8.24. The number of phenolic OH excluding ortho intramolecular Hbond substituents is 1. The maximum Gasteiger partial charge on any atom is 0.203 e. The van der Waals surface area contributed by atoms with Crippen LogP contribution in [0.1, 0.15) is 5.56 Å². The molecule has 0 unspecified atom stereocenters. The number of para-hydroxylation sites is 1. The number of nitriles is 2. The zero-order chi connectivity index (χ0) is 20.1. The van der Waals surface area contributed by atoms with Gasteiger partial charge in [-0.15, -0.1) is 0 Å². The Morgan fingerprint density at radius 1 is 1.07 bits per heavy atom. The van der Waals surface area contributed by atoms with Crippen molar-refractivity contribution in [1.82, 2.24) is 9.78 Å². The molecule has 2 aromatic carbocycles. The lowest BCUT2D eigenvalue weighted by molar-refractivity contribution is 0.333. The Morgan fingerprint density at radius 2 is 1.79 bits per heavy atom. The van der Waals surface area contributed by atoms with Gasteiger partial charge >= 0.3 is 0 Å². The second kappa shape index (κ2) is 7.98. The van der Waals surface area contributed by atoms with Gasteiger partial charge in [-0.25, -0.2) is 4.68 Å². The Bertz CT molecular complexity index is 1100. The zero-order valence-electron chi connectivity index (χ0n) is 15.2. The third-order valence-corrected chi connectivity index (χ3v) is 4.08. The molecule has 0 amide bonds. The molecule has 1 aromatic heterocycles. The fourth-order valence-electron chi connectivity index (χ4n) is 2.76. The average molecular weight is 372 g/mol. The van der Waals surface area contributed by atoms with Gasteiger partial charge in [0.2, 0.25) is 5.75 Å². The van der Waals surface area contributed by atoms with Crippen molar-refractivity contribution >= 4 is 6.08 Å². The van der Waals surface area contributed by atoms with Crippen molar-refractivity contribution in [3.63, 3.8) is 0 Å². The summed E-state index contributed by atoms with van der Waals surface area (Å²) in [5.41, 5.74) is 2.00. The molecule has 0 radical (unpaired) electrons. The molecule has 0 saturated carbocycles. The molecule has 28 heavy (non-hydrogen) atoms. The van der Waals surface area contributed by atoms with Gasteiger partial charge in [0.05, 0.1) is 19.9 Å². The summed E-state index contributed by atoms with van der Waals surface area (Å²) in [5, 5.41) is 33.5. The molecule has 138 valence electrons. The lowest BCUT2D eigenvalue weighted by Crippen LogP contribution is -1.95. The fraction of sp³-hybridized carbons (Fsp3) is 0.0952. The van der Waals surface area contributed by atoms with E-state index in [1.807, 2.05) is 42.5 Å². The van der Waals surface area contributed by atoms with Crippen molar-refractivity contribution in [2.75, 3.05) is 14.2 Å². The fourth-order valence-corrected chi connectivity index (χ4v) is 2.76. The van der Waals surface area contributed by atoms with Crippen LogP contribution in [0.25, 0.3) is 23.0 Å². The minimum atomic E-state index is -0.148. The molecule has 0 atom stereocenters. The molecule has 0 spiro atoms. The van der Waals surface area contributed by atoms with Gasteiger partial charge in [-0.3, -0.25) is 0 Å². The average Bonchev–Trinajstić information content (AvgIpc) is 3.15. The van der Waals surface area contributed by atoms with Gasteiger partial charge in [-0.05, 0) is 30.3 Å². The summed E-state index contributed by atoms with van der Waals surface area (Å²) in [6, 6.07) is 16.3. The summed E-state index contributed by atoms with van der Waals surface area (Å²) in [7, 11) is 2.90. The molecule has 3 rings (SSSR count). The number of ether oxygens (including phenoxy) is 2. The topological polar surface area (TPSA) is 104 Å². The number of aromatic nitrogens is 2. The van der Waals surface area contributed by atoms with Crippen LogP contribution in [0.15, 0.2) is 54.2 Å². The molecule has 0 bridgehead atoms. The third-order valence-electron chi connectivity index (χ3n) is 4.08. The maximum atomic E-state index is 10.7. The quantitative estimate of drug-likeness (QED) is 0.685. The second-order valence-corrected chi connectivity index (χ2v) is 5.69. The first-order valence-corrected chi connectivity index (χ1v) is 8.24. The molecule has 7 nitrogen and oxygen atoms in total. The van der Waals surface area contributed by atoms with Gasteiger partial charge < -0.3 is 14.6 Å². The van der Waals surface area contributed by atoms with Crippen molar-refractivity contribution < 1.29 is 14.6 Å². The van der Waals surface area contributed by atoms with E-state index in [0.717, 1.165) is 5.69 Å². The monoisotopic (exact) mass is 372 g/mol. The number of methoxy groups -OCH3 is 2. The summed E-state index contributed by atoms with van der Waals surface area (Å²) in [4.78, 5) is 0. The van der Waals surface area contributed by atoms with Crippen molar-refractivity contribution in [2.45, 2.75) is 0 Å². The van der Waals surface area contributed by atoms with Gasteiger partial charge in [-0.1, -0.05) is 18.2 Å². The van der Waals surface area contributed by atoms with Crippen LogP contribution in [-0.2, 0) is 0 Å². The Labute approximate surface area is 161 Å². The molecule has 1 heterocycles. The zero-order valence-corrected chi connectivity index (χ0v) is 15.2. The number of benzene rings is 2. The number of hydrogen-bond acceptors (Lipinski definition) is 6. The standard InChI is InChI=1S/C21H16N4O3/c1-27-18-9-8-17(20(26)21(18)28-2)19-15(10-14(11-22)12-23)13-25(24-19)16-6-4-3-5-7-16/h3-10,13,26H,1-2H3. The van der Waals surface area contributed by atoms with Crippen LogP contribution < -0.4 is 9.47 Å². The van der Waals surface area contributed by atoms with E-state index in [1.54, 1.807) is 23.0 Å². The van der Waals surface area contributed by atoms with E-state index in [9.17, 15) is 5.11 Å². The summed E-state index contributed by atoms with van der Waals surface area (Å²) in [5.74, 6) is 0.397. The number of rotatable bonds is 5. The minimum Gasteiger partial charge on any atom is -0.504 e. The van der Waals surface area contributed by atoms with E-state index in [1.165, 1.54) is 20.3 Å². The number of aromatic hydroxyl groups is 1. The van der Waals surface area contributed by atoms with Crippen molar-refractivity contribution in [3.8, 4) is 46.3 Å². The number of hydrogen-bond donors (Lipinski definition) is 1. The Balaban J connectivity index is 2.26. The predicted molar refractivity (Wildman–Crippen MR) is 103 cm³/mol. The highest BCUT2D eigenvalue weighted by Crippen LogP contribution is 2.44. The van der Waals surface area contributed by atoms with E-state index in [2.05, 4.69) is 5.10 Å². The van der Waals surface area contributed by atoms with Crippen molar-refractivity contribution in [1.29, 1.82) is 10.5 Å². The molecule has 0 saturated heterocycles. The van der Waals surface area contributed by atoms with Crippen LogP contribution in [0.5, 0.6) is 17.2 Å². The van der Waals surface area contributed by atoms with Crippen LogP contribution in [0.4, 0.5) is 0 Å². The van der Waals surface area contributed by atoms with Crippen LogP contribution in [0.3, 0.4) is 0 Å². The SMILES string of the molecule is COc1ccc(-c2nn(-c3ccccc3)cc2C=C(C#N)C#N)c(O)c1OC. The van der Waals surface area contributed by atoms with Crippen LogP contribution in [0, 0.1) is 22.7 Å². The molecule has 0 aliphatic rings. The molecule has 1 N–H and O–H groups in total. The highest BCUT2D eigenvalue weighted by atomic mass is 16.5. The molecule has 0 fully saturated rings. The largest absolute Gasteiger partial charge is 0.504 e. The van der Waals surface area contributed by atoms with Gasteiger partial charge in [0.25, 0.3) is 0 Å². The van der Waals surface area contributed by atoms with E-state index >= 15 is 0 Å². The number of phenols is 1. The Morgan fingerprint density at radius 3 is 2.39 bits per heavy atom. The summed E-state index contributed by atoms with van der Waals surface area (Å²) < 4.78 is 12.1. The molecular formula is C21H16N4O3. The van der Waals surface area contributed by atoms with E-state index in [4.69, 9.17) is 20.0 Å². The summed E-state index contributed by atoms with van der Waals surface area (Å²) in [6.45, 7) is 0. The van der Waals surface area contributed by atoms with Crippen LogP contribution in [0.2, 0.25) is 0 Å². The van der Waals surface area contributed by atoms with Gasteiger partial charge in [0, 0.05) is 17.3 Å². The lowest BCUT2D eigenvalue weighted by atomic mass is 10.0. The van der Waals surface area contributed by atoms with Crippen molar-refractivity contribution in [2.24, 2.45) is 0 Å². The summed E-state index contributed by atoms with van der Waals surface area (Å²) >= 11 is 0. The normalized spacial score (nSPS) is 9.86. The molecule has 0 aliphatic carbocycles. The molecule has 3 aromatic rings. The minimum absolute atomic E-state index is 0.0752. The van der Waals surface area contributed by atoms with Gasteiger partial charge in [0.1, 0.15) is 23.4 Å². The Kier molecular flexibility index (Phi) is 5.29. The Hall–Kier alpha value is -4.23. The second-order valence-electron chi connectivity index (χ2n) is 5.69. The molecule has 7 heteroatoms. The van der Waals surface area contributed by atoms with Crippen molar-refractivity contribution in [3.05, 3.63) is 59.8 Å². The van der Waals surface area contributed by atoms with Crippen LogP contribution >= 0.6 is 0 Å². The van der Waals surface area contributed by atoms with E-state index in [0.29, 0.717) is 22.6 Å². The first kappa shape index (κ1) is 18.6. The molecule has 0 aliphatic heterocycles. The van der Waals surface area contributed by atoms with Crippen LogP contribution in [-0.4, -0.2) is 29.1 Å². The predicted octanol–water partition coefficient (Wildman–Crippen LogP) is 3.69. The lowest BCUT2D eigenvalue weighted by Gasteiger charge is -2.12. The first-order chi connectivity index (χ1) is 13.6. The molecular weight excluding hydrogens is 356 g/mol. The highest BCUT2D eigenvalue weighted by Gasteiger charge is 2.20. The highest BCUT2D eigenvalue weighted by molar-refractivity contribution is 5.81. The van der Waals surface area contributed by atoms with Gasteiger partial charge in [0.15, 0.2) is 11.5 Å².